The molecule has 1 fully saturated rings. The summed E-state index contributed by atoms with van der Waals surface area (Å²) in [5.41, 5.74) is 0.0494. The number of hydrogen-bond acceptors (Lipinski definition) is 3. The standard InChI is InChI=1S/C16H20FNO3/c1-11-9-21-10-12(2)18(11)16(20)8-7-15(19)13-5-3-4-6-14(13)17/h3-6,11-12H,7-10H2,1-2H3. The SMILES string of the molecule is CC1COCC(C)N1C(=O)CCC(=O)c1ccccc1F. The van der Waals surface area contributed by atoms with Crippen LogP contribution in [0.5, 0.6) is 0 Å². The van der Waals surface area contributed by atoms with Crippen LogP contribution in [-0.2, 0) is 9.53 Å². The molecule has 114 valence electrons. The summed E-state index contributed by atoms with van der Waals surface area (Å²) in [7, 11) is 0. The topological polar surface area (TPSA) is 46.6 Å². The second kappa shape index (κ2) is 6.80. The molecule has 2 atom stereocenters. The molecule has 4 nitrogen and oxygen atoms in total. The lowest BCUT2D eigenvalue weighted by atomic mass is 10.0. The van der Waals surface area contributed by atoms with E-state index in [4.69, 9.17) is 4.74 Å². The van der Waals surface area contributed by atoms with E-state index in [0.717, 1.165) is 0 Å². The number of morpholine rings is 1. The first-order valence-electron chi connectivity index (χ1n) is 7.17. The molecule has 5 heteroatoms. The number of benzene rings is 1. The third kappa shape index (κ3) is 3.67. The number of halogens is 1. The van der Waals surface area contributed by atoms with Gasteiger partial charge in [-0.1, -0.05) is 12.1 Å². The molecular formula is C16H20FNO3. The van der Waals surface area contributed by atoms with E-state index in [1.54, 1.807) is 11.0 Å². The third-order valence-corrected chi connectivity index (χ3v) is 3.70. The van der Waals surface area contributed by atoms with Crippen LogP contribution >= 0.6 is 0 Å². The molecule has 2 rings (SSSR count). The summed E-state index contributed by atoms with van der Waals surface area (Å²) in [6.07, 6.45) is 0.123. The summed E-state index contributed by atoms with van der Waals surface area (Å²) in [6.45, 7) is 4.87. The molecule has 21 heavy (non-hydrogen) atoms. The van der Waals surface area contributed by atoms with Gasteiger partial charge in [-0.2, -0.15) is 0 Å². The molecule has 1 heterocycles. The van der Waals surface area contributed by atoms with Gasteiger partial charge in [0.2, 0.25) is 5.91 Å². The molecule has 1 amide bonds. The first-order chi connectivity index (χ1) is 10.0. The van der Waals surface area contributed by atoms with Crippen molar-refractivity contribution < 1.29 is 18.7 Å². The van der Waals surface area contributed by atoms with E-state index in [-0.39, 0.29) is 42.2 Å². The number of hydrogen-bond donors (Lipinski definition) is 0. The van der Waals surface area contributed by atoms with Crippen LogP contribution in [0.15, 0.2) is 24.3 Å². The monoisotopic (exact) mass is 293 g/mol. The highest BCUT2D eigenvalue weighted by Gasteiger charge is 2.29. The number of rotatable bonds is 4. The van der Waals surface area contributed by atoms with Crippen LogP contribution in [0, 0.1) is 5.82 Å². The van der Waals surface area contributed by atoms with Crippen molar-refractivity contribution in [3.63, 3.8) is 0 Å². The van der Waals surface area contributed by atoms with Gasteiger partial charge in [-0.25, -0.2) is 4.39 Å². The first kappa shape index (κ1) is 15.6. The molecule has 0 aliphatic carbocycles. The largest absolute Gasteiger partial charge is 0.377 e. The number of nitrogens with zero attached hydrogens (tertiary/aromatic N) is 1. The molecular weight excluding hydrogens is 273 g/mol. The van der Waals surface area contributed by atoms with Gasteiger partial charge in [0.05, 0.1) is 30.9 Å². The predicted octanol–water partition coefficient (Wildman–Crippen LogP) is 2.42. The number of ketones is 1. The van der Waals surface area contributed by atoms with Crippen LogP contribution in [0.1, 0.15) is 37.0 Å². The van der Waals surface area contributed by atoms with E-state index in [9.17, 15) is 14.0 Å². The Hall–Kier alpha value is -1.75. The molecule has 0 bridgehead atoms. The van der Waals surface area contributed by atoms with Crippen LogP contribution in [-0.4, -0.2) is 41.9 Å². The van der Waals surface area contributed by atoms with Crippen LogP contribution in [0.4, 0.5) is 4.39 Å². The predicted molar refractivity (Wildman–Crippen MR) is 76.6 cm³/mol. The zero-order chi connectivity index (χ0) is 15.4. The highest BCUT2D eigenvalue weighted by atomic mass is 19.1. The van der Waals surface area contributed by atoms with Gasteiger partial charge in [0.25, 0.3) is 0 Å². The molecule has 1 aromatic carbocycles. The van der Waals surface area contributed by atoms with Gasteiger partial charge in [0.1, 0.15) is 5.82 Å². The minimum absolute atomic E-state index is 0.00446. The van der Waals surface area contributed by atoms with E-state index >= 15 is 0 Å². The minimum Gasteiger partial charge on any atom is -0.377 e. The summed E-state index contributed by atoms with van der Waals surface area (Å²) >= 11 is 0. The molecule has 0 spiro atoms. The van der Waals surface area contributed by atoms with Crippen molar-refractivity contribution in [2.24, 2.45) is 0 Å². The molecule has 1 saturated heterocycles. The lowest BCUT2D eigenvalue weighted by Crippen LogP contribution is -2.52. The molecule has 1 aliphatic rings. The maximum absolute atomic E-state index is 13.5. The van der Waals surface area contributed by atoms with Crippen molar-refractivity contribution in [1.82, 2.24) is 4.90 Å². The van der Waals surface area contributed by atoms with Crippen LogP contribution < -0.4 is 0 Å². The Morgan fingerprint density at radius 3 is 2.43 bits per heavy atom. The zero-order valence-corrected chi connectivity index (χ0v) is 12.3. The summed E-state index contributed by atoms with van der Waals surface area (Å²) in [5.74, 6) is -0.957. The van der Waals surface area contributed by atoms with Gasteiger partial charge in [0, 0.05) is 12.8 Å². The molecule has 1 aliphatic heterocycles. The Balaban J connectivity index is 1.95. The molecule has 0 saturated carbocycles. The van der Waals surface area contributed by atoms with Crippen molar-refractivity contribution in [2.75, 3.05) is 13.2 Å². The van der Waals surface area contributed by atoms with Crippen LogP contribution in [0.25, 0.3) is 0 Å². The Labute approximate surface area is 123 Å². The fourth-order valence-corrected chi connectivity index (χ4v) is 2.67. The smallest absolute Gasteiger partial charge is 0.223 e. The zero-order valence-electron chi connectivity index (χ0n) is 12.3. The van der Waals surface area contributed by atoms with E-state index in [2.05, 4.69) is 0 Å². The Morgan fingerprint density at radius 2 is 1.81 bits per heavy atom. The number of Topliss-reactive ketones (excluding diaryl/α,β-unsaturated/α-hetero) is 1. The van der Waals surface area contributed by atoms with Crippen molar-refractivity contribution in [1.29, 1.82) is 0 Å². The quantitative estimate of drug-likeness (QED) is 0.801. The fraction of sp³-hybridized carbons (Fsp3) is 0.500. The maximum atomic E-state index is 13.5. The number of carbonyl (C=O) groups excluding carboxylic acids is 2. The van der Waals surface area contributed by atoms with Gasteiger partial charge >= 0.3 is 0 Å². The van der Waals surface area contributed by atoms with E-state index in [1.165, 1.54) is 18.2 Å². The third-order valence-electron chi connectivity index (χ3n) is 3.70. The molecule has 1 aromatic rings. The summed E-state index contributed by atoms with van der Waals surface area (Å²) in [6, 6.07) is 5.86. The van der Waals surface area contributed by atoms with Crippen LogP contribution in [0.2, 0.25) is 0 Å². The second-order valence-corrected chi connectivity index (χ2v) is 5.44. The number of carbonyl (C=O) groups is 2. The molecule has 0 aromatic heterocycles. The lowest BCUT2D eigenvalue weighted by Gasteiger charge is -2.38. The minimum atomic E-state index is -0.539. The lowest BCUT2D eigenvalue weighted by molar-refractivity contribution is -0.144. The fourth-order valence-electron chi connectivity index (χ4n) is 2.67. The summed E-state index contributed by atoms with van der Waals surface area (Å²) in [5, 5.41) is 0. The van der Waals surface area contributed by atoms with Crippen molar-refractivity contribution >= 4 is 11.7 Å². The van der Waals surface area contributed by atoms with Gasteiger partial charge in [-0.3, -0.25) is 9.59 Å². The highest BCUT2D eigenvalue weighted by Crippen LogP contribution is 2.17. The summed E-state index contributed by atoms with van der Waals surface area (Å²) < 4.78 is 18.9. The van der Waals surface area contributed by atoms with E-state index in [1.807, 2.05) is 13.8 Å². The molecule has 0 N–H and O–H groups in total. The maximum Gasteiger partial charge on any atom is 0.223 e. The molecule has 0 radical (unpaired) electrons. The normalized spacial score (nSPS) is 22.1. The van der Waals surface area contributed by atoms with Crippen LogP contribution in [0.3, 0.4) is 0 Å². The Morgan fingerprint density at radius 1 is 1.19 bits per heavy atom. The Kier molecular flexibility index (Phi) is 5.07. The number of ether oxygens (including phenoxy) is 1. The van der Waals surface area contributed by atoms with Gasteiger partial charge in [-0.05, 0) is 26.0 Å². The first-order valence-corrected chi connectivity index (χ1v) is 7.17. The average Bonchev–Trinajstić information content (AvgIpc) is 2.45. The van der Waals surface area contributed by atoms with Gasteiger partial charge in [-0.15, -0.1) is 0 Å². The van der Waals surface area contributed by atoms with E-state index < -0.39 is 5.82 Å². The average molecular weight is 293 g/mol. The van der Waals surface area contributed by atoms with Crippen molar-refractivity contribution in [3.05, 3.63) is 35.6 Å². The summed E-state index contributed by atoms with van der Waals surface area (Å²) in [4.78, 5) is 26.0. The Bertz CT molecular complexity index is 522. The van der Waals surface area contributed by atoms with Gasteiger partial charge in [0.15, 0.2) is 5.78 Å². The van der Waals surface area contributed by atoms with Crippen molar-refractivity contribution in [3.8, 4) is 0 Å². The van der Waals surface area contributed by atoms with Gasteiger partial charge < -0.3 is 9.64 Å². The molecule has 2 unspecified atom stereocenters. The second-order valence-electron chi connectivity index (χ2n) is 5.44. The highest BCUT2D eigenvalue weighted by molar-refractivity contribution is 5.98. The van der Waals surface area contributed by atoms with E-state index in [0.29, 0.717) is 13.2 Å². The van der Waals surface area contributed by atoms with Crippen molar-refractivity contribution in [2.45, 2.75) is 38.8 Å². The number of amides is 1.